The maximum absolute atomic E-state index is 13.3. The zero-order chi connectivity index (χ0) is 32.2. The molecule has 1 atom stereocenters. The molecule has 5 rings (SSSR count). The van der Waals surface area contributed by atoms with E-state index in [1.165, 1.54) is 4.90 Å². The highest BCUT2D eigenvalue weighted by atomic mass is 35.5. The molecule has 0 saturated carbocycles. The van der Waals surface area contributed by atoms with E-state index in [0.717, 1.165) is 22.5 Å². The summed E-state index contributed by atoms with van der Waals surface area (Å²) in [7, 11) is 6.61. The molecule has 0 bridgehead atoms. The van der Waals surface area contributed by atoms with Crippen LogP contribution in [0, 0.1) is 19.3 Å². The molecule has 3 heterocycles. The summed E-state index contributed by atoms with van der Waals surface area (Å²) in [4.78, 5) is 27.4. The number of aromatic nitrogens is 4. The zero-order valence-electron chi connectivity index (χ0n) is 26.3. The predicted molar refractivity (Wildman–Crippen MR) is 171 cm³/mol. The molecule has 1 unspecified atom stereocenters. The maximum Gasteiger partial charge on any atom is 0.271 e. The third-order valence-electron chi connectivity index (χ3n) is 7.74. The number of ether oxygens (including phenoxy) is 2. The number of aryl methyl sites for hydroxylation is 1. The van der Waals surface area contributed by atoms with Crippen LogP contribution < -0.4 is 14.8 Å². The van der Waals surface area contributed by atoms with Crippen LogP contribution in [0.1, 0.15) is 54.3 Å². The topological polar surface area (TPSA) is 104 Å². The van der Waals surface area contributed by atoms with Crippen LogP contribution >= 0.6 is 23.2 Å². The van der Waals surface area contributed by atoms with Gasteiger partial charge in [0.1, 0.15) is 24.1 Å². The molecule has 2 amide bonds. The minimum Gasteiger partial charge on any atom is -0.496 e. The van der Waals surface area contributed by atoms with Crippen molar-refractivity contribution in [3.05, 3.63) is 63.0 Å². The molecule has 44 heavy (non-hydrogen) atoms. The highest BCUT2D eigenvalue weighted by molar-refractivity contribution is 6.34. The first-order chi connectivity index (χ1) is 20.7. The lowest BCUT2D eigenvalue weighted by Gasteiger charge is -2.36. The number of carbonyl (C=O) groups excluding carboxylic acids is 2. The first-order valence-electron chi connectivity index (χ1n) is 14.1. The lowest BCUT2D eigenvalue weighted by Crippen LogP contribution is -2.30. The molecule has 0 saturated heterocycles. The molecule has 1 aliphatic rings. The number of rotatable bonds is 6. The van der Waals surface area contributed by atoms with E-state index in [0.29, 0.717) is 44.1 Å². The van der Waals surface area contributed by atoms with E-state index >= 15 is 0 Å². The fourth-order valence-corrected chi connectivity index (χ4v) is 6.10. The van der Waals surface area contributed by atoms with Crippen LogP contribution in [0.2, 0.25) is 10.0 Å². The Balaban J connectivity index is 1.84. The number of hydrogen-bond acceptors (Lipinski definition) is 6. The number of amides is 2. The molecule has 4 aromatic rings. The molecule has 0 fully saturated rings. The summed E-state index contributed by atoms with van der Waals surface area (Å²) >= 11 is 12.9. The second-order valence-corrected chi connectivity index (χ2v) is 13.0. The second-order valence-electron chi connectivity index (χ2n) is 12.1. The van der Waals surface area contributed by atoms with Crippen molar-refractivity contribution in [3.63, 3.8) is 0 Å². The third kappa shape index (κ3) is 5.41. The first-order valence-corrected chi connectivity index (χ1v) is 14.9. The number of nitrogens with one attached hydrogen (secondary N) is 1. The fraction of sp³-hybridized carbons (Fsp3) is 0.375. The van der Waals surface area contributed by atoms with Crippen molar-refractivity contribution in [1.29, 1.82) is 0 Å². The fourth-order valence-electron chi connectivity index (χ4n) is 5.59. The minimum atomic E-state index is -0.528. The van der Waals surface area contributed by atoms with Gasteiger partial charge in [-0.1, -0.05) is 44.0 Å². The van der Waals surface area contributed by atoms with Gasteiger partial charge in [-0.05, 0) is 38.1 Å². The van der Waals surface area contributed by atoms with E-state index in [9.17, 15) is 9.59 Å². The van der Waals surface area contributed by atoms with Crippen LogP contribution in [-0.4, -0.2) is 64.5 Å². The average molecular weight is 640 g/mol. The van der Waals surface area contributed by atoms with Crippen LogP contribution in [0.5, 0.6) is 11.5 Å². The van der Waals surface area contributed by atoms with Crippen LogP contribution in [0.15, 0.2) is 30.3 Å². The number of halogens is 2. The van der Waals surface area contributed by atoms with Crippen molar-refractivity contribution in [2.75, 3.05) is 28.3 Å². The third-order valence-corrected chi connectivity index (χ3v) is 8.18. The number of fused-ring (bicyclic) bond motifs is 3. The van der Waals surface area contributed by atoms with Crippen molar-refractivity contribution >= 4 is 35.0 Å². The summed E-state index contributed by atoms with van der Waals surface area (Å²) in [6.07, 6.45) is -0.528. The quantitative estimate of drug-likeness (QED) is 0.267. The smallest absolute Gasteiger partial charge is 0.271 e. The van der Waals surface area contributed by atoms with E-state index in [4.69, 9.17) is 42.9 Å². The molecule has 1 aliphatic heterocycles. The van der Waals surface area contributed by atoms with Gasteiger partial charge in [0.05, 0.1) is 29.7 Å². The van der Waals surface area contributed by atoms with E-state index < -0.39 is 11.5 Å². The van der Waals surface area contributed by atoms with Crippen molar-refractivity contribution in [2.45, 2.75) is 47.3 Å². The highest BCUT2D eigenvalue weighted by Crippen LogP contribution is 2.53. The Morgan fingerprint density at radius 3 is 2.27 bits per heavy atom. The normalized spacial score (nSPS) is 14.0. The maximum atomic E-state index is 13.3. The second kappa shape index (κ2) is 11.5. The summed E-state index contributed by atoms with van der Waals surface area (Å²) in [5, 5.41) is 13.1. The molecule has 10 nitrogen and oxygen atoms in total. The highest BCUT2D eigenvalue weighted by Gasteiger charge is 2.42. The lowest BCUT2D eigenvalue weighted by molar-refractivity contribution is -0.129. The van der Waals surface area contributed by atoms with Crippen LogP contribution in [0.25, 0.3) is 28.1 Å². The number of nitrogens with zero attached hydrogens (tertiary/aromatic N) is 5. The minimum absolute atomic E-state index is 0.0726. The van der Waals surface area contributed by atoms with E-state index in [-0.39, 0.29) is 24.1 Å². The van der Waals surface area contributed by atoms with Gasteiger partial charge >= 0.3 is 0 Å². The summed E-state index contributed by atoms with van der Waals surface area (Å²) < 4.78 is 16.0. The molecule has 2 aromatic heterocycles. The van der Waals surface area contributed by atoms with E-state index in [1.54, 1.807) is 55.8 Å². The van der Waals surface area contributed by atoms with Gasteiger partial charge < -0.3 is 19.7 Å². The summed E-state index contributed by atoms with van der Waals surface area (Å²) in [6, 6.07) is 8.97. The number of benzene rings is 2. The molecular formula is C32H36Cl2N6O4. The van der Waals surface area contributed by atoms with Gasteiger partial charge in [-0.3, -0.25) is 14.3 Å². The molecular weight excluding hydrogens is 603 g/mol. The Labute approximate surface area is 266 Å². The van der Waals surface area contributed by atoms with Gasteiger partial charge in [0.2, 0.25) is 5.91 Å². The zero-order valence-corrected chi connectivity index (χ0v) is 27.8. The monoisotopic (exact) mass is 638 g/mol. The van der Waals surface area contributed by atoms with Gasteiger partial charge in [0, 0.05) is 65.1 Å². The van der Waals surface area contributed by atoms with Gasteiger partial charge in [-0.15, -0.1) is 0 Å². The van der Waals surface area contributed by atoms with Crippen molar-refractivity contribution < 1.29 is 19.1 Å². The molecule has 1 N–H and O–H groups in total. The van der Waals surface area contributed by atoms with E-state index in [1.807, 2.05) is 26.0 Å². The molecule has 0 spiro atoms. The van der Waals surface area contributed by atoms with Crippen molar-refractivity contribution in [1.82, 2.24) is 29.8 Å². The number of hydrogen-bond donors (Lipinski definition) is 1. The Morgan fingerprint density at radius 1 is 1.05 bits per heavy atom. The summed E-state index contributed by atoms with van der Waals surface area (Å²) in [5.74, 6) is 0.729. The molecule has 0 radical (unpaired) electrons. The number of likely N-dealkylation sites (N-methyl/N-ethyl adjacent to an activating group) is 1. The average Bonchev–Trinajstić information content (AvgIpc) is 3.47. The first kappa shape index (κ1) is 31.4. The molecule has 2 aromatic carbocycles. The van der Waals surface area contributed by atoms with E-state index in [2.05, 4.69) is 26.1 Å². The standard InChI is InChI=1S/C32H36Cl2N6O4/c1-16-26(17(2)39(36-16)15-25(41)38(7)8)21-13-22-24(14-23(21)43-9)44-30(32(3,4)5)27-28(31(42)35-6)37-40(29(22)27)20-11-18(33)10-19(34)12-20/h10-14,30H,15H2,1-9H3,(H,35,42). The Hall–Kier alpha value is -4.02. The Bertz CT molecular complexity index is 1780. The number of carbonyl (C=O) groups is 2. The van der Waals surface area contributed by atoms with Crippen molar-refractivity contribution in [2.24, 2.45) is 5.41 Å². The van der Waals surface area contributed by atoms with Gasteiger partial charge in [0.25, 0.3) is 5.91 Å². The predicted octanol–water partition coefficient (Wildman–Crippen LogP) is 6.26. The van der Waals surface area contributed by atoms with Crippen molar-refractivity contribution in [3.8, 4) is 39.6 Å². The Morgan fingerprint density at radius 2 is 1.70 bits per heavy atom. The molecule has 232 valence electrons. The Kier molecular flexibility index (Phi) is 8.20. The molecule has 12 heteroatoms. The lowest BCUT2D eigenvalue weighted by atomic mass is 9.80. The van der Waals surface area contributed by atoms with Gasteiger partial charge in [0.15, 0.2) is 5.69 Å². The summed E-state index contributed by atoms with van der Waals surface area (Å²) in [6.45, 7) is 10.1. The molecule has 0 aliphatic carbocycles. The van der Waals surface area contributed by atoms with Gasteiger partial charge in [-0.25, -0.2) is 4.68 Å². The summed E-state index contributed by atoms with van der Waals surface area (Å²) in [5.41, 5.74) is 5.57. The van der Waals surface area contributed by atoms with Crippen LogP contribution in [0.3, 0.4) is 0 Å². The van der Waals surface area contributed by atoms with Crippen LogP contribution in [0.4, 0.5) is 0 Å². The van der Waals surface area contributed by atoms with Gasteiger partial charge in [-0.2, -0.15) is 10.2 Å². The SMILES string of the molecule is CNC(=O)c1nn(-c2cc(Cl)cc(Cl)c2)c2c1C(C(C)(C)C)Oc1cc(OC)c(-c3c(C)nn(CC(=O)N(C)C)c3C)cc1-2. The number of methoxy groups -OCH3 is 1. The van der Waals surface area contributed by atoms with Crippen LogP contribution in [-0.2, 0) is 11.3 Å². The largest absolute Gasteiger partial charge is 0.496 e.